The first-order valence-electron chi connectivity index (χ1n) is 7.01. The Morgan fingerprint density at radius 3 is 3.00 bits per heavy atom. The van der Waals surface area contributed by atoms with Crippen molar-refractivity contribution in [2.24, 2.45) is 0 Å². The van der Waals surface area contributed by atoms with Crippen molar-refractivity contribution in [2.75, 3.05) is 5.32 Å². The second-order valence-corrected chi connectivity index (χ2v) is 5.95. The van der Waals surface area contributed by atoms with Crippen LogP contribution in [0, 0.1) is 0 Å². The molecule has 0 fully saturated rings. The molecule has 3 nitrogen and oxygen atoms in total. The summed E-state index contributed by atoms with van der Waals surface area (Å²) in [5.41, 5.74) is 2.58. The van der Waals surface area contributed by atoms with Crippen molar-refractivity contribution >= 4 is 17.2 Å². The lowest BCUT2D eigenvalue weighted by atomic mass is 9.96. The summed E-state index contributed by atoms with van der Waals surface area (Å²) in [5, 5.41) is 5.75. The molecule has 4 heteroatoms. The van der Waals surface area contributed by atoms with Gasteiger partial charge in [0.1, 0.15) is 12.1 Å². The molecule has 0 amide bonds. The number of aromatic nitrogens is 2. The summed E-state index contributed by atoms with van der Waals surface area (Å²) in [6, 6.07) is 4.67. The highest BCUT2D eigenvalue weighted by Gasteiger charge is 2.18. The number of hydrogen-bond donors (Lipinski definition) is 1. The van der Waals surface area contributed by atoms with E-state index >= 15 is 0 Å². The van der Waals surface area contributed by atoms with Gasteiger partial charge in [-0.1, -0.05) is 13.0 Å². The van der Waals surface area contributed by atoms with Crippen LogP contribution in [0.3, 0.4) is 0 Å². The second-order valence-electron chi connectivity index (χ2n) is 4.98. The molecule has 1 aliphatic carbocycles. The van der Waals surface area contributed by atoms with E-state index in [1.165, 1.54) is 29.0 Å². The third-order valence-electron chi connectivity index (χ3n) is 3.73. The molecule has 1 atom stereocenters. The third-order valence-corrected chi connectivity index (χ3v) is 4.72. The van der Waals surface area contributed by atoms with Crippen molar-refractivity contribution in [3.8, 4) is 0 Å². The van der Waals surface area contributed by atoms with Gasteiger partial charge < -0.3 is 5.32 Å². The molecule has 19 heavy (non-hydrogen) atoms. The molecule has 0 bridgehead atoms. The molecule has 0 aliphatic heterocycles. The number of hydrogen-bond acceptors (Lipinski definition) is 4. The van der Waals surface area contributed by atoms with E-state index < -0.39 is 0 Å². The number of fused-ring (bicyclic) bond motifs is 1. The zero-order chi connectivity index (χ0) is 13.1. The minimum Gasteiger partial charge on any atom is -0.362 e. The van der Waals surface area contributed by atoms with Crippen LogP contribution in [-0.2, 0) is 12.8 Å². The molecule has 2 aromatic heterocycles. The molecule has 0 saturated carbocycles. The lowest BCUT2D eigenvalue weighted by molar-refractivity contribution is 0.658. The Hall–Kier alpha value is -1.42. The summed E-state index contributed by atoms with van der Waals surface area (Å²) >= 11 is 1.81. The van der Waals surface area contributed by atoms with E-state index in [0.717, 1.165) is 25.1 Å². The number of aryl methyl sites for hydroxylation is 1. The Labute approximate surface area is 118 Å². The van der Waals surface area contributed by atoms with E-state index in [1.807, 2.05) is 0 Å². The molecule has 3 rings (SSSR count). The van der Waals surface area contributed by atoms with Gasteiger partial charge in [0.15, 0.2) is 0 Å². The van der Waals surface area contributed by atoms with Gasteiger partial charge in [0, 0.05) is 16.1 Å². The summed E-state index contributed by atoms with van der Waals surface area (Å²) in [5.74, 6) is 1.05. The van der Waals surface area contributed by atoms with Gasteiger partial charge in [0.2, 0.25) is 0 Å². The van der Waals surface area contributed by atoms with Gasteiger partial charge in [-0.05, 0) is 43.6 Å². The van der Waals surface area contributed by atoms with Crippen LogP contribution in [0.5, 0.6) is 0 Å². The molecule has 2 heterocycles. The van der Waals surface area contributed by atoms with E-state index in [0.29, 0.717) is 6.04 Å². The number of rotatable bonds is 4. The fourth-order valence-corrected chi connectivity index (χ4v) is 3.54. The minimum absolute atomic E-state index is 0.362. The van der Waals surface area contributed by atoms with E-state index in [1.54, 1.807) is 17.7 Å². The third kappa shape index (κ3) is 2.63. The lowest BCUT2D eigenvalue weighted by Gasteiger charge is -2.22. The first-order valence-corrected chi connectivity index (χ1v) is 7.89. The van der Waals surface area contributed by atoms with E-state index in [-0.39, 0.29) is 0 Å². The highest BCUT2D eigenvalue weighted by molar-refractivity contribution is 7.10. The Bertz CT molecular complexity index is 536. The van der Waals surface area contributed by atoms with Crippen molar-refractivity contribution in [2.45, 2.75) is 45.1 Å². The molecule has 100 valence electrons. The van der Waals surface area contributed by atoms with Gasteiger partial charge in [0.05, 0.1) is 6.04 Å². The smallest absolute Gasteiger partial charge is 0.133 e. The molecule has 1 aliphatic rings. The summed E-state index contributed by atoms with van der Waals surface area (Å²) in [6.45, 7) is 2.21. The molecule has 1 N–H and O–H groups in total. The van der Waals surface area contributed by atoms with E-state index in [2.05, 4.69) is 39.7 Å². The molecular weight excluding hydrogens is 254 g/mol. The Kier molecular flexibility index (Phi) is 3.78. The highest BCUT2D eigenvalue weighted by atomic mass is 32.1. The molecule has 0 spiro atoms. The zero-order valence-electron chi connectivity index (χ0n) is 11.2. The monoisotopic (exact) mass is 273 g/mol. The van der Waals surface area contributed by atoms with Gasteiger partial charge in [-0.2, -0.15) is 0 Å². The summed E-state index contributed by atoms with van der Waals surface area (Å²) in [7, 11) is 0. The molecular formula is C15H19N3S. The predicted molar refractivity (Wildman–Crippen MR) is 79.6 cm³/mol. The highest BCUT2D eigenvalue weighted by Crippen LogP contribution is 2.30. The van der Waals surface area contributed by atoms with Gasteiger partial charge in [-0.15, -0.1) is 11.3 Å². The average Bonchev–Trinajstić information content (AvgIpc) is 2.99. The number of thiophene rings is 1. The number of nitrogens with one attached hydrogen (secondary N) is 1. The van der Waals surface area contributed by atoms with Crippen LogP contribution >= 0.6 is 11.3 Å². The van der Waals surface area contributed by atoms with Crippen LogP contribution in [0.2, 0.25) is 0 Å². The number of anilines is 1. The fraction of sp³-hybridized carbons (Fsp3) is 0.467. The average molecular weight is 273 g/mol. The topological polar surface area (TPSA) is 37.8 Å². The normalized spacial score (nSPS) is 15.8. The largest absolute Gasteiger partial charge is 0.362 e. The van der Waals surface area contributed by atoms with Crippen molar-refractivity contribution < 1.29 is 0 Å². The second kappa shape index (κ2) is 5.70. The van der Waals surface area contributed by atoms with Crippen LogP contribution < -0.4 is 5.32 Å². The standard InChI is InChI=1S/C15H19N3S/c1-2-12(14-8-5-9-19-14)18-15-11-6-3-4-7-13(11)16-10-17-15/h5,8-10,12H,2-4,6-7H2,1H3,(H,16,17,18). The summed E-state index contributed by atoms with van der Waals surface area (Å²) < 4.78 is 0. The van der Waals surface area contributed by atoms with Crippen LogP contribution in [-0.4, -0.2) is 9.97 Å². The maximum atomic E-state index is 4.47. The van der Waals surface area contributed by atoms with Crippen molar-refractivity contribution in [1.29, 1.82) is 0 Å². The van der Waals surface area contributed by atoms with Crippen LogP contribution in [0.4, 0.5) is 5.82 Å². The molecule has 0 aromatic carbocycles. The van der Waals surface area contributed by atoms with E-state index in [9.17, 15) is 0 Å². The summed E-state index contributed by atoms with van der Waals surface area (Å²) in [6.07, 6.45) is 7.49. The van der Waals surface area contributed by atoms with Gasteiger partial charge in [0.25, 0.3) is 0 Å². The first-order chi connectivity index (χ1) is 9.38. The Morgan fingerprint density at radius 1 is 1.32 bits per heavy atom. The van der Waals surface area contributed by atoms with Crippen LogP contribution in [0.1, 0.15) is 48.4 Å². The van der Waals surface area contributed by atoms with E-state index in [4.69, 9.17) is 0 Å². The Morgan fingerprint density at radius 2 is 2.21 bits per heavy atom. The predicted octanol–water partition coefficient (Wildman–Crippen LogP) is 3.98. The quantitative estimate of drug-likeness (QED) is 0.915. The van der Waals surface area contributed by atoms with Gasteiger partial charge >= 0.3 is 0 Å². The number of nitrogens with zero attached hydrogens (tertiary/aromatic N) is 2. The first kappa shape index (κ1) is 12.6. The van der Waals surface area contributed by atoms with Crippen LogP contribution in [0.25, 0.3) is 0 Å². The molecule has 0 radical (unpaired) electrons. The van der Waals surface area contributed by atoms with Crippen molar-refractivity contribution in [3.05, 3.63) is 40.0 Å². The van der Waals surface area contributed by atoms with Gasteiger partial charge in [-0.25, -0.2) is 9.97 Å². The Balaban J connectivity index is 1.86. The molecule has 2 aromatic rings. The zero-order valence-corrected chi connectivity index (χ0v) is 12.0. The minimum atomic E-state index is 0.362. The molecule has 0 saturated heterocycles. The summed E-state index contributed by atoms with van der Waals surface area (Å²) in [4.78, 5) is 10.3. The SMILES string of the molecule is CCC(Nc1ncnc2c1CCCC2)c1cccs1. The maximum absolute atomic E-state index is 4.47. The van der Waals surface area contributed by atoms with Gasteiger partial charge in [-0.3, -0.25) is 0 Å². The lowest BCUT2D eigenvalue weighted by Crippen LogP contribution is -2.15. The van der Waals surface area contributed by atoms with Crippen LogP contribution in [0.15, 0.2) is 23.8 Å². The van der Waals surface area contributed by atoms with Crippen molar-refractivity contribution in [1.82, 2.24) is 9.97 Å². The molecule has 1 unspecified atom stereocenters. The van der Waals surface area contributed by atoms with Crippen molar-refractivity contribution in [3.63, 3.8) is 0 Å². The fourth-order valence-electron chi connectivity index (χ4n) is 2.67. The maximum Gasteiger partial charge on any atom is 0.133 e.